The standard InChI is InChI=1S/C24H24N6O3/c25-28-26-11-4-1-5-12-29-23(32)20-14-18-17-9-2-3-10-19(17)27-21(18)22(30(20)24(29)33)15-7-6-8-16(31)13-15/h2-3,6-10,13,20,22,27,31H,1,4-5,11-12,14H2/t20-,22+/m0/s1. The second-order valence-corrected chi connectivity index (χ2v) is 8.48. The van der Waals surface area contributed by atoms with E-state index in [9.17, 15) is 14.7 Å². The molecule has 9 heteroatoms. The van der Waals surface area contributed by atoms with Crippen LogP contribution < -0.4 is 0 Å². The number of urea groups is 1. The zero-order chi connectivity index (χ0) is 22.9. The summed E-state index contributed by atoms with van der Waals surface area (Å²) >= 11 is 0. The molecule has 3 heterocycles. The van der Waals surface area contributed by atoms with E-state index in [1.807, 2.05) is 30.3 Å². The first-order valence-electron chi connectivity index (χ1n) is 11.1. The molecule has 2 aromatic carbocycles. The van der Waals surface area contributed by atoms with Crippen molar-refractivity contribution in [3.63, 3.8) is 0 Å². The van der Waals surface area contributed by atoms with Crippen molar-refractivity contribution in [1.29, 1.82) is 0 Å². The molecule has 2 N–H and O–H groups in total. The molecule has 0 unspecified atom stereocenters. The van der Waals surface area contributed by atoms with Gasteiger partial charge in [-0.2, -0.15) is 0 Å². The smallest absolute Gasteiger partial charge is 0.328 e. The molecule has 1 fully saturated rings. The van der Waals surface area contributed by atoms with E-state index in [1.54, 1.807) is 23.1 Å². The van der Waals surface area contributed by atoms with Crippen molar-refractivity contribution in [3.05, 3.63) is 75.8 Å². The fourth-order valence-corrected chi connectivity index (χ4v) is 5.05. The first kappa shape index (κ1) is 20.9. The van der Waals surface area contributed by atoms with E-state index in [2.05, 4.69) is 15.0 Å². The number of imide groups is 1. The predicted molar refractivity (Wildman–Crippen MR) is 123 cm³/mol. The lowest BCUT2D eigenvalue weighted by Gasteiger charge is -2.36. The molecule has 3 amide bonds. The summed E-state index contributed by atoms with van der Waals surface area (Å²) in [5.74, 6) is -0.0710. The highest BCUT2D eigenvalue weighted by atomic mass is 16.3. The third-order valence-electron chi connectivity index (χ3n) is 6.52. The molecular weight excluding hydrogens is 420 g/mol. The van der Waals surface area contributed by atoms with Gasteiger partial charge < -0.3 is 10.1 Å². The molecule has 9 nitrogen and oxygen atoms in total. The van der Waals surface area contributed by atoms with Crippen LogP contribution in [0.4, 0.5) is 4.79 Å². The number of aromatic hydroxyl groups is 1. The molecule has 2 aliphatic rings. The first-order valence-corrected chi connectivity index (χ1v) is 11.1. The van der Waals surface area contributed by atoms with Crippen molar-refractivity contribution in [2.45, 2.75) is 37.8 Å². The molecule has 2 aliphatic heterocycles. The lowest BCUT2D eigenvalue weighted by Crippen LogP contribution is -2.44. The number of H-pyrrole nitrogens is 1. The number of nitrogens with zero attached hydrogens (tertiary/aromatic N) is 5. The maximum absolute atomic E-state index is 13.5. The Balaban J connectivity index is 1.50. The second kappa shape index (κ2) is 8.52. The van der Waals surface area contributed by atoms with Gasteiger partial charge in [0.05, 0.1) is 0 Å². The largest absolute Gasteiger partial charge is 0.508 e. The van der Waals surface area contributed by atoms with Crippen molar-refractivity contribution in [2.24, 2.45) is 5.11 Å². The molecule has 0 saturated carbocycles. The summed E-state index contributed by atoms with van der Waals surface area (Å²) in [4.78, 5) is 36.1. The third kappa shape index (κ3) is 3.56. The Morgan fingerprint density at radius 3 is 2.79 bits per heavy atom. The highest BCUT2D eigenvalue weighted by Gasteiger charge is 2.52. The Hall–Kier alpha value is -3.97. The van der Waals surface area contributed by atoms with Gasteiger partial charge in [0.1, 0.15) is 17.8 Å². The Labute approximate surface area is 190 Å². The number of hydrogen-bond donors (Lipinski definition) is 2. The van der Waals surface area contributed by atoms with Crippen molar-refractivity contribution in [1.82, 2.24) is 14.8 Å². The maximum Gasteiger partial charge on any atom is 0.328 e. The Morgan fingerprint density at radius 1 is 1.12 bits per heavy atom. The van der Waals surface area contributed by atoms with Crippen LogP contribution in [-0.4, -0.2) is 51.0 Å². The average Bonchev–Trinajstić information content (AvgIpc) is 3.30. The molecule has 2 atom stereocenters. The number of azide groups is 1. The average molecular weight is 444 g/mol. The minimum absolute atomic E-state index is 0.113. The molecule has 0 aliphatic carbocycles. The van der Waals surface area contributed by atoms with Crippen LogP contribution in [0.2, 0.25) is 0 Å². The van der Waals surface area contributed by atoms with Crippen LogP contribution in [0.1, 0.15) is 42.1 Å². The molecule has 0 bridgehead atoms. The number of aromatic amines is 1. The number of unbranched alkanes of at least 4 members (excludes halogenated alkanes) is 2. The van der Waals surface area contributed by atoms with Crippen molar-refractivity contribution in [2.75, 3.05) is 13.1 Å². The van der Waals surface area contributed by atoms with Crippen LogP contribution in [0.3, 0.4) is 0 Å². The van der Waals surface area contributed by atoms with E-state index < -0.39 is 12.1 Å². The number of phenols is 1. The maximum atomic E-state index is 13.5. The first-order chi connectivity index (χ1) is 16.1. The summed E-state index contributed by atoms with van der Waals surface area (Å²) in [5, 5.41) is 14.7. The SMILES string of the molecule is [N-]=[N+]=NCCCCCN1C(=O)[C@@H]2Cc3c([nH]c4ccccc34)[C@@H](c3cccc(O)c3)N2C1=O. The van der Waals surface area contributed by atoms with Gasteiger partial charge in [0.25, 0.3) is 5.91 Å². The molecule has 33 heavy (non-hydrogen) atoms. The molecule has 0 spiro atoms. The van der Waals surface area contributed by atoms with Crippen LogP contribution in [-0.2, 0) is 11.2 Å². The molecule has 168 valence electrons. The van der Waals surface area contributed by atoms with Gasteiger partial charge in [0.15, 0.2) is 0 Å². The third-order valence-corrected chi connectivity index (χ3v) is 6.52. The number of fused-ring (bicyclic) bond motifs is 4. The zero-order valence-electron chi connectivity index (χ0n) is 18.0. The quantitative estimate of drug-likeness (QED) is 0.181. The summed E-state index contributed by atoms with van der Waals surface area (Å²) in [6, 6.07) is 13.4. The van der Waals surface area contributed by atoms with E-state index in [0.717, 1.165) is 40.6 Å². The number of amides is 3. The number of aromatic nitrogens is 1. The lowest BCUT2D eigenvalue weighted by molar-refractivity contribution is -0.128. The second-order valence-electron chi connectivity index (χ2n) is 8.48. The number of rotatable bonds is 7. The molecule has 3 aromatic rings. The summed E-state index contributed by atoms with van der Waals surface area (Å²) in [7, 11) is 0. The number of phenolic OH excluding ortho intramolecular Hbond substituents is 1. The number of para-hydroxylation sites is 1. The van der Waals surface area contributed by atoms with Crippen LogP contribution >= 0.6 is 0 Å². The van der Waals surface area contributed by atoms with Crippen LogP contribution in [0.15, 0.2) is 53.6 Å². The summed E-state index contributed by atoms with van der Waals surface area (Å²) in [6.45, 7) is 0.747. The van der Waals surface area contributed by atoms with Gasteiger partial charge in [-0.05, 0) is 47.7 Å². The monoisotopic (exact) mass is 444 g/mol. The minimum Gasteiger partial charge on any atom is -0.508 e. The van der Waals surface area contributed by atoms with E-state index in [1.165, 1.54) is 4.90 Å². The number of nitrogens with one attached hydrogen (secondary N) is 1. The highest BCUT2D eigenvalue weighted by Crippen LogP contribution is 2.44. The summed E-state index contributed by atoms with van der Waals surface area (Å²) in [6.07, 6.45) is 2.59. The van der Waals surface area contributed by atoms with Crippen LogP contribution in [0, 0.1) is 0 Å². The van der Waals surface area contributed by atoms with Crippen molar-refractivity contribution < 1.29 is 14.7 Å². The Kier molecular flexibility index (Phi) is 5.40. The molecule has 1 saturated heterocycles. The van der Waals surface area contributed by atoms with E-state index in [-0.39, 0.29) is 17.7 Å². The molecular formula is C24H24N6O3. The van der Waals surface area contributed by atoms with Gasteiger partial charge >= 0.3 is 6.03 Å². The Bertz CT molecular complexity index is 1280. The van der Waals surface area contributed by atoms with E-state index in [4.69, 9.17) is 5.53 Å². The highest BCUT2D eigenvalue weighted by molar-refractivity contribution is 6.05. The zero-order valence-corrected chi connectivity index (χ0v) is 18.0. The number of carbonyl (C=O) groups excluding carboxylic acids is 2. The van der Waals surface area contributed by atoms with E-state index >= 15 is 0 Å². The molecule has 0 radical (unpaired) electrons. The van der Waals surface area contributed by atoms with Gasteiger partial charge in [0.2, 0.25) is 0 Å². The predicted octanol–water partition coefficient (Wildman–Crippen LogP) is 4.63. The van der Waals surface area contributed by atoms with E-state index in [0.29, 0.717) is 25.9 Å². The summed E-state index contributed by atoms with van der Waals surface area (Å²) < 4.78 is 0. The fraction of sp³-hybridized carbons (Fsp3) is 0.333. The van der Waals surface area contributed by atoms with Gasteiger partial charge in [-0.1, -0.05) is 41.9 Å². The van der Waals surface area contributed by atoms with Crippen molar-refractivity contribution in [3.8, 4) is 5.75 Å². The summed E-state index contributed by atoms with van der Waals surface area (Å²) in [5.41, 5.74) is 12.0. The van der Waals surface area contributed by atoms with Crippen LogP contribution in [0.25, 0.3) is 21.3 Å². The minimum atomic E-state index is -0.584. The number of benzene rings is 2. The molecule has 1 aromatic heterocycles. The number of hydrogen-bond acceptors (Lipinski definition) is 4. The van der Waals surface area contributed by atoms with Gasteiger partial charge in [-0.3, -0.25) is 14.6 Å². The normalized spacial score (nSPS) is 19.5. The van der Waals surface area contributed by atoms with Gasteiger partial charge in [-0.15, -0.1) is 0 Å². The van der Waals surface area contributed by atoms with Gasteiger partial charge in [-0.25, -0.2) is 4.79 Å². The van der Waals surface area contributed by atoms with Gasteiger partial charge in [0, 0.05) is 41.0 Å². The Morgan fingerprint density at radius 2 is 1.97 bits per heavy atom. The molecule has 5 rings (SSSR count). The number of carbonyl (C=O) groups is 2. The van der Waals surface area contributed by atoms with Crippen molar-refractivity contribution >= 4 is 22.8 Å². The van der Waals surface area contributed by atoms with Crippen LogP contribution in [0.5, 0.6) is 5.75 Å². The fourth-order valence-electron chi connectivity index (χ4n) is 5.05. The lowest BCUT2D eigenvalue weighted by atomic mass is 9.89. The topological polar surface area (TPSA) is 125 Å².